The molecule has 0 saturated carbocycles. The second-order valence-electron chi connectivity index (χ2n) is 6.67. The Morgan fingerprint density at radius 1 is 0.889 bits per heavy atom. The van der Waals surface area contributed by atoms with Gasteiger partial charge in [0.2, 0.25) is 0 Å². The van der Waals surface area contributed by atoms with Gasteiger partial charge in [-0.15, -0.1) is 6.58 Å². The number of hydrogen-bond acceptors (Lipinski definition) is 2. The van der Waals surface area contributed by atoms with E-state index >= 15 is 0 Å². The van der Waals surface area contributed by atoms with Crippen molar-refractivity contribution in [2.45, 2.75) is 12.5 Å². The van der Waals surface area contributed by atoms with Gasteiger partial charge in [-0.3, -0.25) is 4.79 Å². The highest BCUT2D eigenvalue weighted by Crippen LogP contribution is 2.42. The van der Waals surface area contributed by atoms with Crippen molar-refractivity contribution in [2.75, 3.05) is 11.6 Å². The normalized spacial score (nSPS) is 15.8. The molecule has 1 heterocycles. The minimum absolute atomic E-state index is 0.0835. The third kappa shape index (κ3) is 3.29. The van der Waals surface area contributed by atoms with Crippen LogP contribution in [0, 0.1) is 0 Å². The second-order valence-corrected chi connectivity index (χ2v) is 6.67. The highest BCUT2D eigenvalue weighted by molar-refractivity contribution is 6.06. The zero-order valence-corrected chi connectivity index (χ0v) is 15.2. The molecule has 134 valence electrons. The predicted octanol–water partition coefficient (Wildman–Crippen LogP) is 4.77. The van der Waals surface area contributed by atoms with E-state index in [1.807, 2.05) is 77.8 Å². The van der Waals surface area contributed by atoms with E-state index in [9.17, 15) is 4.79 Å². The highest BCUT2D eigenvalue weighted by atomic mass is 16.2. The van der Waals surface area contributed by atoms with Gasteiger partial charge in [-0.2, -0.15) is 0 Å². The summed E-state index contributed by atoms with van der Waals surface area (Å²) in [5, 5.41) is 3.90. The van der Waals surface area contributed by atoms with Crippen molar-refractivity contribution in [3.63, 3.8) is 0 Å². The Morgan fingerprint density at radius 3 is 2.22 bits per heavy atom. The molecule has 0 unspecified atom stereocenters. The number of fused-ring (bicyclic) bond motifs is 1. The lowest BCUT2D eigenvalue weighted by Gasteiger charge is -2.32. The van der Waals surface area contributed by atoms with Crippen LogP contribution in [0.1, 0.15) is 22.6 Å². The largest absolute Gasteiger partial charge is 0.272 e. The third-order valence-electron chi connectivity index (χ3n) is 4.90. The van der Waals surface area contributed by atoms with Gasteiger partial charge in [0.05, 0.1) is 11.6 Å². The highest BCUT2D eigenvalue weighted by Gasteiger charge is 2.40. The second kappa shape index (κ2) is 7.60. The molecule has 3 aromatic carbocycles. The molecule has 0 N–H and O–H groups in total. The number of hydrazine groups is 1. The average molecular weight is 354 g/mol. The third-order valence-corrected chi connectivity index (χ3v) is 4.90. The molecule has 1 aliphatic heterocycles. The van der Waals surface area contributed by atoms with Crippen molar-refractivity contribution < 1.29 is 4.79 Å². The van der Waals surface area contributed by atoms with Gasteiger partial charge in [0.15, 0.2) is 0 Å². The van der Waals surface area contributed by atoms with Crippen LogP contribution in [0.4, 0.5) is 5.69 Å². The number of carbonyl (C=O) groups is 1. The van der Waals surface area contributed by atoms with Gasteiger partial charge in [-0.1, -0.05) is 84.9 Å². The lowest BCUT2D eigenvalue weighted by Crippen LogP contribution is -2.45. The molecular formula is C24H22N2O. The zero-order chi connectivity index (χ0) is 18.6. The molecular weight excluding hydrogens is 332 g/mol. The number of para-hydroxylation sites is 1. The predicted molar refractivity (Wildman–Crippen MR) is 109 cm³/mol. The van der Waals surface area contributed by atoms with Crippen LogP contribution in [0.15, 0.2) is 97.6 Å². The first-order valence-corrected chi connectivity index (χ1v) is 9.17. The van der Waals surface area contributed by atoms with E-state index in [-0.39, 0.29) is 11.8 Å². The first-order valence-electron chi connectivity index (χ1n) is 9.17. The van der Waals surface area contributed by atoms with Crippen LogP contribution >= 0.6 is 0 Å². The van der Waals surface area contributed by atoms with Gasteiger partial charge in [-0.25, -0.2) is 10.0 Å². The Hall–Kier alpha value is -3.17. The smallest absolute Gasteiger partial charge is 0.253 e. The Bertz CT molecular complexity index is 937. The average Bonchev–Trinajstić information content (AvgIpc) is 3.01. The van der Waals surface area contributed by atoms with Crippen molar-refractivity contribution in [3.05, 3.63) is 114 Å². The van der Waals surface area contributed by atoms with Gasteiger partial charge in [0.25, 0.3) is 5.91 Å². The summed E-state index contributed by atoms with van der Waals surface area (Å²) in [6, 6.07) is 28.3. The lowest BCUT2D eigenvalue weighted by molar-refractivity contribution is -0.121. The van der Waals surface area contributed by atoms with Crippen molar-refractivity contribution >= 4 is 11.6 Å². The quantitative estimate of drug-likeness (QED) is 0.596. The van der Waals surface area contributed by atoms with Crippen LogP contribution in [-0.2, 0) is 11.3 Å². The maximum atomic E-state index is 13.5. The standard InChI is InChI=1S/C24H22N2O/c1-2-17-25(18-19-11-5-3-6-12-19)26-22-16-10-9-15-21(22)23(24(26)27)20-13-7-4-8-14-20/h2-16,23H,1,17-18H2/t23-/m0/s1. The zero-order valence-electron chi connectivity index (χ0n) is 15.2. The summed E-state index contributed by atoms with van der Waals surface area (Å²) in [6.45, 7) is 5.13. The molecule has 0 saturated heterocycles. The number of anilines is 1. The topological polar surface area (TPSA) is 23.6 Å². The molecule has 0 radical (unpaired) electrons. The summed E-state index contributed by atoms with van der Waals surface area (Å²) in [5.74, 6) is -0.189. The lowest BCUT2D eigenvalue weighted by atomic mass is 9.93. The molecule has 3 aromatic rings. The Balaban J connectivity index is 1.75. The minimum atomic E-state index is -0.273. The monoisotopic (exact) mass is 354 g/mol. The van der Waals surface area contributed by atoms with Crippen molar-refractivity contribution in [1.29, 1.82) is 0 Å². The fourth-order valence-electron chi connectivity index (χ4n) is 3.72. The minimum Gasteiger partial charge on any atom is -0.272 e. The Labute approximate surface area is 160 Å². The van der Waals surface area contributed by atoms with Crippen molar-refractivity contribution in [3.8, 4) is 0 Å². The number of benzene rings is 3. The Morgan fingerprint density at radius 2 is 1.52 bits per heavy atom. The van der Waals surface area contributed by atoms with Crippen LogP contribution in [0.25, 0.3) is 0 Å². The van der Waals surface area contributed by atoms with Crippen molar-refractivity contribution in [2.24, 2.45) is 0 Å². The van der Waals surface area contributed by atoms with E-state index < -0.39 is 0 Å². The van der Waals surface area contributed by atoms with E-state index in [0.29, 0.717) is 13.1 Å². The molecule has 4 rings (SSSR count). The first kappa shape index (κ1) is 17.3. The molecule has 0 spiro atoms. The molecule has 1 amide bonds. The molecule has 0 fully saturated rings. The van der Waals surface area contributed by atoms with Crippen LogP contribution in [0.2, 0.25) is 0 Å². The van der Waals surface area contributed by atoms with E-state index in [1.165, 1.54) is 0 Å². The summed E-state index contributed by atoms with van der Waals surface area (Å²) in [5.41, 5.74) is 4.19. The molecule has 0 aliphatic carbocycles. The maximum Gasteiger partial charge on any atom is 0.253 e. The SMILES string of the molecule is C=CCN(Cc1ccccc1)N1C(=O)[C@@H](c2ccccc2)c2ccccc21. The fraction of sp³-hybridized carbons (Fsp3) is 0.125. The maximum absolute atomic E-state index is 13.5. The van der Waals surface area contributed by atoms with Crippen molar-refractivity contribution in [1.82, 2.24) is 5.01 Å². The molecule has 3 heteroatoms. The molecule has 0 aromatic heterocycles. The summed E-state index contributed by atoms with van der Waals surface area (Å²) in [7, 11) is 0. The number of carbonyl (C=O) groups excluding carboxylic acids is 1. The summed E-state index contributed by atoms with van der Waals surface area (Å²) in [4.78, 5) is 13.5. The molecule has 3 nitrogen and oxygen atoms in total. The fourth-order valence-corrected chi connectivity index (χ4v) is 3.72. The van der Waals surface area contributed by atoms with Gasteiger partial charge < -0.3 is 0 Å². The number of hydrogen-bond donors (Lipinski definition) is 0. The number of nitrogens with zero attached hydrogens (tertiary/aromatic N) is 2. The number of amides is 1. The summed E-state index contributed by atoms with van der Waals surface area (Å²) < 4.78 is 0. The van der Waals surface area contributed by atoms with E-state index in [0.717, 1.165) is 22.4 Å². The molecule has 27 heavy (non-hydrogen) atoms. The van der Waals surface area contributed by atoms with Crippen LogP contribution in [0.5, 0.6) is 0 Å². The molecule has 0 bridgehead atoms. The molecule has 1 aliphatic rings. The Kier molecular flexibility index (Phi) is 4.86. The van der Waals surface area contributed by atoms with Gasteiger partial charge >= 0.3 is 0 Å². The van der Waals surface area contributed by atoms with Gasteiger partial charge in [0.1, 0.15) is 0 Å². The van der Waals surface area contributed by atoms with E-state index in [2.05, 4.69) is 29.8 Å². The van der Waals surface area contributed by atoms with Crippen LogP contribution in [-0.4, -0.2) is 17.5 Å². The van der Waals surface area contributed by atoms with Crippen LogP contribution < -0.4 is 5.01 Å². The van der Waals surface area contributed by atoms with Gasteiger partial charge in [-0.05, 0) is 22.8 Å². The van der Waals surface area contributed by atoms with Gasteiger partial charge in [0, 0.05) is 13.1 Å². The van der Waals surface area contributed by atoms with E-state index in [1.54, 1.807) is 0 Å². The molecule has 1 atom stereocenters. The summed E-state index contributed by atoms with van der Waals surface area (Å²) >= 11 is 0. The van der Waals surface area contributed by atoms with Crippen LogP contribution in [0.3, 0.4) is 0 Å². The first-order chi connectivity index (χ1) is 13.3. The number of rotatable bonds is 6. The summed E-state index contributed by atoms with van der Waals surface area (Å²) in [6.07, 6.45) is 1.84. The van der Waals surface area contributed by atoms with E-state index in [4.69, 9.17) is 0 Å².